The van der Waals surface area contributed by atoms with E-state index in [0.717, 1.165) is 16.5 Å². The van der Waals surface area contributed by atoms with Gasteiger partial charge in [0.05, 0.1) is 5.52 Å². The summed E-state index contributed by atoms with van der Waals surface area (Å²) in [6.07, 6.45) is 2.33. The molecule has 2 heterocycles. The van der Waals surface area contributed by atoms with Gasteiger partial charge in [0.1, 0.15) is 0 Å². The first-order chi connectivity index (χ1) is 9.51. The Hall–Kier alpha value is -2.27. The summed E-state index contributed by atoms with van der Waals surface area (Å²) in [5, 5.41) is 5.07. The highest BCUT2D eigenvalue weighted by Crippen LogP contribution is 2.21. The third kappa shape index (κ3) is 2.67. The molecule has 0 spiro atoms. The Labute approximate surface area is 116 Å². The van der Waals surface area contributed by atoms with Crippen molar-refractivity contribution >= 4 is 10.9 Å². The molecule has 0 saturated heterocycles. The van der Waals surface area contributed by atoms with Crippen molar-refractivity contribution in [2.45, 2.75) is 25.8 Å². The molecule has 3 rings (SSSR count). The Morgan fingerprint density at radius 3 is 2.90 bits per heavy atom. The van der Waals surface area contributed by atoms with E-state index in [4.69, 9.17) is 10.3 Å². The summed E-state index contributed by atoms with van der Waals surface area (Å²) < 4.78 is 5.25. The van der Waals surface area contributed by atoms with E-state index in [-0.39, 0.29) is 5.54 Å². The van der Waals surface area contributed by atoms with Crippen LogP contribution in [-0.2, 0) is 6.42 Å². The van der Waals surface area contributed by atoms with Crippen molar-refractivity contribution in [3.8, 4) is 11.4 Å². The van der Waals surface area contributed by atoms with Gasteiger partial charge in [-0.2, -0.15) is 4.98 Å². The molecule has 0 atom stereocenters. The maximum Gasteiger partial charge on any atom is 0.228 e. The first-order valence-corrected chi connectivity index (χ1v) is 6.48. The fraction of sp³-hybridized carbons (Fsp3) is 0.267. The van der Waals surface area contributed by atoms with E-state index in [2.05, 4.69) is 15.1 Å². The molecular formula is C15H16N4O. The van der Waals surface area contributed by atoms with Crippen LogP contribution in [0.1, 0.15) is 19.7 Å². The molecular weight excluding hydrogens is 252 g/mol. The maximum absolute atomic E-state index is 5.95. The van der Waals surface area contributed by atoms with Crippen LogP contribution in [0.4, 0.5) is 0 Å². The monoisotopic (exact) mass is 268 g/mol. The van der Waals surface area contributed by atoms with Crippen LogP contribution in [0.2, 0.25) is 0 Å². The highest BCUT2D eigenvalue weighted by Gasteiger charge is 2.17. The molecule has 2 N–H and O–H groups in total. The van der Waals surface area contributed by atoms with Crippen LogP contribution in [0.25, 0.3) is 22.3 Å². The number of fused-ring (bicyclic) bond motifs is 1. The predicted octanol–water partition coefficient (Wildman–Crippen LogP) is 2.56. The molecule has 0 fully saturated rings. The number of aromatic nitrogens is 3. The number of hydrogen-bond donors (Lipinski definition) is 1. The van der Waals surface area contributed by atoms with E-state index in [1.54, 1.807) is 6.20 Å². The van der Waals surface area contributed by atoms with E-state index in [1.165, 1.54) is 0 Å². The summed E-state index contributed by atoms with van der Waals surface area (Å²) >= 11 is 0. The van der Waals surface area contributed by atoms with Crippen molar-refractivity contribution in [2.75, 3.05) is 0 Å². The lowest BCUT2D eigenvalue weighted by Crippen LogP contribution is -2.34. The zero-order valence-electron chi connectivity index (χ0n) is 11.5. The average Bonchev–Trinajstić information content (AvgIpc) is 2.84. The normalized spacial score (nSPS) is 11.9. The molecule has 5 nitrogen and oxygen atoms in total. The molecule has 0 aliphatic rings. The van der Waals surface area contributed by atoms with Gasteiger partial charge in [0.25, 0.3) is 0 Å². The SMILES string of the molecule is CC(C)(N)Cc1nc(-c2ccc3ncccc3c2)no1. The third-order valence-electron chi connectivity index (χ3n) is 2.94. The maximum atomic E-state index is 5.95. The predicted molar refractivity (Wildman–Crippen MR) is 77.0 cm³/mol. The molecule has 5 heteroatoms. The van der Waals surface area contributed by atoms with Crippen molar-refractivity contribution in [3.63, 3.8) is 0 Å². The minimum Gasteiger partial charge on any atom is -0.339 e. The van der Waals surface area contributed by atoms with E-state index >= 15 is 0 Å². The topological polar surface area (TPSA) is 77.8 Å². The van der Waals surface area contributed by atoms with Gasteiger partial charge in [-0.05, 0) is 38.1 Å². The fourth-order valence-electron chi connectivity index (χ4n) is 2.05. The summed E-state index contributed by atoms with van der Waals surface area (Å²) in [4.78, 5) is 8.68. The van der Waals surface area contributed by atoms with Crippen LogP contribution in [0.5, 0.6) is 0 Å². The van der Waals surface area contributed by atoms with Crippen molar-refractivity contribution in [1.82, 2.24) is 15.1 Å². The quantitative estimate of drug-likeness (QED) is 0.789. The average molecular weight is 268 g/mol. The largest absolute Gasteiger partial charge is 0.339 e. The van der Waals surface area contributed by atoms with Gasteiger partial charge >= 0.3 is 0 Å². The first-order valence-electron chi connectivity index (χ1n) is 6.48. The Morgan fingerprint density at radius 1 is 1.25 bits per heavy atom. The summed E-state index contributed by atoms with van der Waals surface area (Å²) in [6.45, 7) is 3.86. The van der Waals surface area contributed by atoms with Crippen LogP contribution >= 0.6 is 0 Å². The fourth-order valence-corrected chi connectivity index (χ4v) is 2.05. The molecule has 3 aromatic rings. The standard InChI is InChI=1S/C15H16N4O/c1-15(2,16)9-13-18-14(19-20-13)11-5-6-12-10(8-11)4-3-7-17-12/h3-8H,9,16H2,1-2H3. The smallest absolute Gasteiger partial charge is 0.228 e. The third-order valence-corrected chi connectivity index (χ3v) is 2.94. The summed E-state index contributed by atoms with van der Waals surface area (Å²) in [7, 11) is 0. The van der Waals surface area contributed by atoms with Crippen LogP contribution in [-0.4, -0.2) is 20.7 Å². The zero-order valence-corrected chi connectivity index (χ0v) is 11.5. The summed E-state index contributed by atoms with van der Waals surface area (Å²) in [6, 6.07) is 9.82. The number of nitrogens with two attached hydrogens (primary N) is 1. The molecule has 0 bridgehead atoms. The number of benzene rings is 1. The number of pyridine rings is 1. The van der Waals surface area contributed by atoms with Crippen LogP contribution in [0.3, 0.4) is 0 Å². The molecule has 0 aliphatic heterocycles. The van der Waals surface area contributed by atoms with Gasteiger partial charge in [0.2, 0.25) is 11.7 Å². The van der Waals surface area contributed by atoms with E-state index in [1.807, 2.05) is 44.2 Å². The van der Waals surface area contributed by atoms with Gasteiger partial charge in [-0.15, -0.1) is 0 Å². The minimum atomic E-state index is -0.364. The molecule has 0 saturated carbocycles. The second kappa shape index (κ2) is 4.68. The summed E-state index contributed by atoms with van der Waals surface area (Å²) in [5.74, 6) is 1.13. The van der Waals surface area contributed by atoms with Crippen LogP contribution in [0.15, 0.2) is 41.1 Å². The minimum absolute atomic E-state index is 0.364. The second-order valence-electron chi connectivity index (χ2n) is 5.59. The second-order valence-corrected chi connectivity index (χ2v) is 5.59. The zero-order chi connectivity index (χ0) is 14.2. The Kier molecular flexibility index (Phi) is 2.99. The highest BCUT2D eigenvalue weighted by molar-refractivity contribution is 5.82. The van der Waals surface area contributed by atoms with Gasteiger partial charge in [0.15, 0.2) is 0 Å². The van der Waals surface area contributed by atoms with Gasteiger partial charge in [-0.1, -0.05) is 11.2 Å². The number of hydrogen-bond acceptors (Lipinski definition) is 5. The molecule has 0 amide bonds. The molecule has 102 valence electrons. The van der Waals surface area contributed by atoms with Gasteiger partial charge < -0.3 is 10.3 Å². The lowest BCUT2D eigenvalue weighted by molar-refractivity contribution is 0.348. The molecule has 2 aromatic heterocycles. The molecule has 1 aromatic carbocycles. The van der Waals surface area contributed by atoms with Crippen molar-refractivity contribution in [3.05, 3.63) is 42.4 Å². The van der Waals surface area contributed by atoms with Crippen molar-refractivity contribution < 1.29 is 4.52 Å². The summed E-state index contributed by atoms with van der Waals surface area (Å²) in [5.41, 5.74) is 7.45. The Balaban J connectivity index is 1.95. The van der Waals surface area contributed by atoms with Crippen LogP contribution < -0.4 is 5.73 Å². The van der Waals surface area contributed by atoms with Gasteiger partial charge in [-0.25, -0.2) is 0 Å². The van der Waals surface area contributed by atoms with E-state index < -0.39 is 0 Å². The lowest BCUT2D eigenvalue weighted by atomic mass is 10.0. The van der Waals surface area contributed by atoms with Crippen molar-refractivity contribution in [2.24, 2.45) is 5.73 Å². The Bertz CT molecular complexity index is 743. The first kappa shape index (κ1) is 12.7. The lowest BCUT2D eigenvalue weighted by Gasteiger charge is -2.14. The number of nitrogens with zero attached hydrogens (tertiary/aromatic N) is 3. The van der Waals surface area contributed by atoms with E-state index in [0.29, 0.717) is 18.1 Å². The molecule has 0 aliphatic carbocycles. The van der Waals surface area contributed by atoms with Crippen molar-refractivity contribution in [1.29, 1.82) is 0 Å². The molecule has 0 radical (unpaired) electrons. The van der Waals surface area contributed by atoms with E-state index in [9.17, 15) is 0 Å². The van der Waals surface area contributed by atoms with Gasteiger partial charge in [-0.3, -0.25) is 4.98 Å². The van der Waals surface area contributed by atoms with Gasteiger partial charge in [0, 0.05) is 29.1 Å². The highest BCUT2D eigenvalue weighted by atomic mass is 16.5. The molecule has 20 heavy (non-hydrogen) atoms. The molecule has 0 unspecified atom stereocenters. The number of rotatable bonds is 3. The van der Waals surface area contributed by atoms with Crippen LogP contribution in [0, 0.1) is 0 Å². The Morgan fingerprint density at radius 2 is 2.10 bits per heavy atom.